The Morgan fingerprint density at radius 2 is 1.50 bits per heavy atom. The number of hydrogen-bond acceptors (Lipinski definition) is 2. The summed E-state index contributed by atoms with van der Waals surface area (Å²) in [5, 5.41) is 0.951. The van der Waals surface area contributed by atoms with Gasteiger partial charge in [-0.25, -0.2) is 4.79 Å². The van der Waals surface area contributed by atoms with Gasteiger partial charge in [0.25, 0.3) is 0 Å². The van der Waals surface area contributed by atoms with Crippen molar-refractivity contribution in [1.29, 1.82) is 0 Å². The van der Waals surface area contributed by atoms with Crippen LogP contribution in [0.5, 0.6) is 0 Å². The van der Waals surface area contributed by atoms with Crippen molar-refractivity contribution in [2.75, 3.05) is 0 Å². The van der Waals surface area contributed by atoms with Gasteiger partial charge in [0.1, 0.15) is 5.58 Å². The summed E-state index contributed by atoms with van der Waals surface area (Å²) in [6.45, 7) is 3.63. The molecule has 0 N–H and O–H groups in total. The SMILES string of the molecule is C1=Cc2ccccc2C1.C=Cc1ccccc1.O=c1ccc2ccccc2o1. The van der Waals surface area contributed by atoms with Gasteiger partial charge >= 0.3 is 5.63 Å². The van der Waals surface area contributed by atoms with Crippen molar-refractivity contribution in [2.45, 2.75) is 6.42 Å². The highest BCUT2D eigenvalue weighted by Crippen LogP contribution is 2.17. The minimum absolute atomic E-state index is 0.302. The van der Waals surface area contributed by atoms with Crippen LogP contribution in [0.4, 0.5) is 0 Å². The summed E-state index contributed by atoms with van der Waals surface area (Å²) < 4.78 is 4.91. The molecule has 1 aromatic heterocycles. The molecule has 0 saturated carbocycles. The van der Waals surface area contributed by atoms with Crippen LogP contribution in [0.15, 0.2) is 113 Å². The summed E-state index contributed by atoms with van der Waals surface area (Å²) in [7, 11) is 0. The first kappa shape index (κ1) is 19.1. The minimum atomic E-state index is -0.302. The van der Waals surface area contributed by atoms with Crippen molar-refractivity contribution in [2.24, 2.45) is 0 Å². The van der Waals surface area contributed by atoms with Crippen molar-refractivity contribution < 1.29 is 4.42 Å². The molecule has 1 aliphatic rings. The maximum atomic E-state index is 10.7. The van der Waals surface area contributed by atoms with Crippen LogP contribution >= 0.6 is 0 Å². The lowest BCUT2D eigenvalue weighted by Gasteiger charge is -1.93. The Kier molecular flexibility index (Phi) is 6.75. The quantitative estimate of drug-likeness (QED) is 0.366. The van der Waals surface area contributed by atoms with Gasteiger partial charge in [-0.1, -0.05) is 97.6 Å². The summed E-state index contributed by atoms with van der Waals surface area (Å²) in [4.78, 5) is 10.7. The van der Waals surface area contributed by atoms with E-state index in [1.54, 1.807) is 12.1 Å². The topological polar surface area (TPSA) is 30.2 Å². The van der Waals surface area contributed by atoms with Gasteiger partial charge in [0, 0.05) is 11.5 Å². The normalized spacial score (nSPS) is 10.9. The molecule has 2 heteroatoms. The van der Waals surface area contributed by atoms with Crippen LogP contribution in [0, 0.1) is 0 Å². The Morgan fingerprint density at radius 3 is 2.25 bits per heavy atom. The third-order valence-electron chi connectivity index (χ3n) is 4.25. The fourth-order valence-electron chi connectivity index (χ4n) is 2.80. The summed E-state index contributed by atoms with van der Waals surface area (Å²) >= 11 is 0. The molecule has 0 spiro atoms. The van der Waals surface area contributed by atoms with E-state index in [4.69, 9.17) is 4.42 Å². The van der Waals surface area contributed by atoms with Crippen molar-refractivity contribution in [1.82, 2.24) is 0 Å². The third kappa shape index (κ3) is 5.42. The highest BCUT2D eigenvalue weighted by atomic mass is 16.4. The molecule has 0 fully saturated rings. The van der Waals surface area contributed by atoms with Crippen molar-refractivity contribution in [3.8, 4) is 0 Å². The zero-order chi connectivity index (χ0) is 19.6. The number of rotatable bonds is 1. The van der Waals surface area contributed by atoms with Crippen LogP contribution in [0.2, 0.25) is 0 Å². The highest BCUT2D eigenvalue weighted by molar-refractivity contribution is 5.75. The molecule has 1 aliphatic carbocycles. The number of fused-ring (bicyclic) bond motifs is 2. The Hall–Kier alpha value is -3.65. The Morgan fingerprint density at radius 1 is 0.786 bits per heavy atom. The molecule has 4 aromatic rings. The second kappa shape index (κ2) is 9.89. The first-order valence-electron chi connectivity index (χ1n) is 9.17. The number of benzene rings is 3. The van der Waals surface area contributed by atoms with Gasteiger partial charge in [-0.3, -0.25) is 0 Å². The molecule has 0 radical (unpaired) electrons. The monoisotopic (exact) mass is 366 g/mol. The maximum absolute atomic E-state index is 10.7. The average Bonchev–Trinajstić information content (AvgIpc) is 3.24. The van der Waals surface area contributed by atoms with E-state index in [2.05, 4.69) is 43.0 Å². The van der Waals surface area contributed by atoms with E-state index in [0.29, 0.717) is 5.58 Å². The van der Waals surface area contributed by atoms with E-state index in [-0.39, 0.29) is 5.63 Å². The largest absolute Gasteiger partial charge is 0.423 e. The van der Waals surface area contributed by atoms with E-state index >= 15 is 0 Å². The zero-order valence-corrected chi connectivity index (χ0v) is 15.6. The fraction of sp³-hybridized carbons (Fsp3) is 0.0385. The average molecular weight is 366 g/mol. The molecule has 0 saturated heterocycles. The Balaban J connectivity index is 0.000000122. The predicted octanol–water partition coefficient (Wildman–Crippen LogP) is 6.38. The van der Waals surface area contributed by atoms with Gasteiger partial charge in [0.05, 0.1) is 0 Å². The standard InChI is InChI=1S/C9H6O2.C9H8.C8H8/c10-9-6-5-7-3-1-2-4-8(7)11-9;1-2-5-9-7-3-6-8(9)4-1;1-2-8-6-4-3-5-7-8/h1-6H;1-6H,7H2;2-7H,1H2. The number of para-hydroxylation sites is 1. The summed E-state index contributed by atoms with van der Waals surface area (Å²) in [5.41, 5.74) is 4.35. The second-order valence-electron chi connectivity index (χ2n) is 6.21. The van der Waals surface area contributed by atoms with Gasteiger partial charge in [0.2, 0.25) is 0 Å². The van der Waals surface area contributed by atoms with E-state index in [1.165, 1.54) is 22.8 Å². The summed E-state index contributed by atoms with van der Waals surface area (Å²) in [5.74, 6) is 0. The van der Waals surface area contributed by atoms with Crippen molar-refractivity contribution >= 4 is 23.1 Å². The molecule has 1 heterocycles. The summed E-state index contributed by atoms with van der Waals surface area (Å²) in [6, 6.07) is 29.1. The maximum Gasteiger partial charge on any atom is 0.336 e. The van der Waals surface area contributed by atoms with Gasteiger partial charge in [-0.2, -0.15) is 0 Å². The van der Waals surface area contributed by atoms with Gasteiger partial charge < -0.3 is 4.42 Å². The fourth-order valence-corrected chi connectivity index (χ4v) is 2.80. The molecule has 0 unspecified atom stereocenters. The highest BCUT2D eigenvalue weighted by Gasteiger charge is 2.00. The molecule has 3 aromatic carbocycles. The molecule has 28 heavy (non-hydrogen) atoms. The smallest absolute Gasteiger partial charge is 0.336 e. The number of hydrogen-bond donors (Lipinski definition) is 0. The van der Waals surface area contributed by atoms with E-state index in [1.807, 2.05) is 54.6 Å². The lowest BCUT2D eigenvalue weighted by Crippen LogP contribution is -1.93. The molecule has 5 rings (SSSR count). The number of allylic oxidation sites excluding steroid dienone is 1. The Labute approximate surface area is 165 Å². The molecule has 0 aliphatic heterocycles. The first-order valence-corrected chi connectivity index (χ1v) is 9.17. The molecular formula is C26H22O2. The van der Waals surface area contributed by atoms with Crippen LogP contribution in [0.3, 0.4) is 0 Å². The molecule has 0 amide bonds. The van der Waals surface area contributed by atoms with E-state index < -0.39 is 0 Å². The van der Waals surface area contributed by atoms with Crippen LogP contribution in [0.25, 0.3) is 23.1 Å². The third-order valence-corrected chi connectivity index (χ3v) is 4.25. The lowest BCUT2D eigenvalue weighted by atomic mass is 10.1. The van der Waals surface area contributed by atoms with Gasteiger partial charge in [-0.15, -0.1) is 0 Å². The van der Waals surface area contributed by atoms with Crippen molar-refractivity contribution in [3.63, 3.8) is 0 Å². The van der Waals surface area contributed by atoms with Crippen LogP contribution in [-0.4, -0.2) is 0 Å². The Bertz CT molecular complexity index is 1120. The van der Waals surface area contributed by atoms with Crippen LogP contribution in [0.1, 0.15) is 16.7 Å². The second-order valence-corrected chi connectivity index (χ2v) is 6.21. The lowest BCUT2D eigenvalue weighted by molar-refractivity contribution is 0.561. The molecule has 0 atom stereocenters. The minimum Gasteiger partial charge on any atom is -0.423 e. The van der Waals surface area contributed by atoms with E-state index in [9.17, 15) is 4.79 Å². The van der Waals surface area contributed by atoms with Crippen LogP contribution in [-0.2, 0) is 6.42 Å². The molecule has 0 bridgehead atoms. The van der Waals surface area contributed by atoms with Crippen molar-refractivity contribution in [3.05, 3.63) is 131 Å². The van der Waals surface area contributed by atoms with Gasteiger partial charge in [0.15, 0.2) is 0 Å². The van der Waals surface area contributed by atoms with Crippen LogP contribution < -0.4 is 5.63 Å². The molecule has 2 nitrogen and oxygen atoms in total. The summed E-state index contributed by atoms with van der Waals surface area (Å²) in [6.07, 6.45) is 7.33. The zero-order valence-electron chi connectivity index (χ0n) is 15.6. The molecule has 138 valence electrons. The van der Waals surface area contributed by atoms with Gasteiger partial charge in [-0.05, 0) is 35.2 Å². The molecular weight excluding hydrogens is 344 g/mol. The van der Waals surface area contributed by atoms with E-state index in [0.717, 1.165) is 11.8 Å². The first-order chi connectivity index (χ1) is 13.8. The predicted molar refractivity (Wildman–Crippen MR) is 118 cm³/mol.